The molecule has 2 atom stereocenters. The number of hydrogen-bond donors (Lipinski definition) is 2. The Balaban J connectivity index is 1.51. The minimum Gasteiger partial charge on any atom is -0.488 e. The topological polar surface area (TPSA) is 83.4 Å². The molecule has 2 aromatic rings. The van der Waals surface area contributed by atoms with E-state index in [0.29, 0.717) is 35.6 Å². The highest BCUT2D eigenvalue weighted by Gasteiger charge is 2.25. The van der Waals surface area contributed by atoms with Gasteiger partial charge in [0.2, 0.25) is 0 Å². The molecule has 8 heteroatoms. The number of nitrogens with one attached hydrogen (secondary N) is 2. The summed E-state index contributed by atoms with van der Waals surface area (Å²) < 4.78 is 39.4. The van der Waals surface area contributed by atoms with Gasteiger partial charge in [-0.15, -0.1) is 0 Å². The van der Waals surface area contributed by atoms with Crippen molar-refractivity contribution in [1.82, 2.24) is 10.6 Å². The lowest BCUT2D eigenvalue weighted by Gasteiger charge is -2.23. The van der Waals surface area contributed by atoms with Crippen LogP contribution in [-0.2, 0) is 22.6 Å². The molecule has 1 saturated heterocycles. The molecule has 0 unspecified atom stereocenters. The minimum absolute atomic E-state index is 0.0128. The first kappa shape index (κ1) is 20.3. The molecule has 1 fully saturated rings. The highest BCUT2D eigenvalue weighted by atomic mass is 19.1. The Bertz CT molecular complexity index is 998. The second-order valence-corrected chi connectivity index (χ2v) is 7.34. The van der Waals surface area contributed by atoms with E-state index in [2.05, 4.69) is 10.6 Å². The lowest BCUT2D eigenvalue weighted by Crippen LogP contribution is -2.46. The van der Waals surface area contributed by atoms with Crippen LogP contribution < -0.4 is 15.4 Å². The number of amides is 1. The average Bonchev–Trinajstić information content (AvgIpc) is 3.03. The lowest BCUT2D eigenvalue weighted by molar-refractivity contribution is -0.132. The molecule has 0 spiro atoms. The Morgan fingerprint density at radius 3 is 3.00 bits per heavy atom. The fraction of sp³-hybridized carbons (Fsp3) is 0.364. The number of fused-ring (bicyclic) bond motifs is 3. The first-order valence-corrected chi connectivity index (χ1v) is 9.81. The van der Waals surface area contributed by atoms with Crippen molar-refractivity contribution in [1.29, 1.82) is 5.26 Å². The van der Waals surface area contributed by atoms with Crippen LogP contribution in [0.3, 0.4) is 0 Å². The van der Waals surface area contributed by atoms with Gasteiger partial charge >= 0.3 is 0 Å². The average molecular weight is 413 g/mol. The van der Waals surface area contributed by atoms with E-state index in [1.165, 1.54) is 24.3 Å². The molecular weight excluding hydrogens is 392 g/mol. The van der Waals surface area contributed by atoms with Crippen LogP contribution in [0, 0.1) is 23.0 Å². The van der Waals surface area contributed by atoms with Gasteiger partial charge in [0.15, 0.2) is 0 Å². The van der Waals surface area contributed by atoms with Crippen molar-refractivity contribution in [3.8, 4) is 22.9 Å². The van der Waals surface area contributed by atoms with Crippen molar-refractivity contribution in [2.45, 2.75) is 31.6 Å². The van der Waals surface area contributed by atoms with E-state index in [0.717, 1.165) is 13.0 Å². The van der Waals surface area contributed by atoms with Crippen molar-refractivity contribution < 1.29 is 23.0 Å². The molecule has 2 aliphatic rings. The molecular formula is C22H21F2N3O3. The number of carbonyl (C=O) groups is 1. The van der Waals surface area contributed by atoms with Crippen LogP contribution in [-0.4, -0.2) is 37.7 Å². The Morgan fingerprint density at radius 1 is 1.30 bits per heavy atom. The Morgan fingerprint density at radius 2 is 2.17 bits per heavy atom. The van der Waals surface area contributed by atoms with Gasteiger partial charge in [-0.05, 0) is 48.4 Å². The number of hydrogen-bond acceptors (Lipinski definition) is 5. The SMILES string of the molecule is N#C[C@H](Cc1cc2c(cc1F)-c1ccc(F)cc1CO2)NC(=O)[C@@H]1CNCCCO1. The third kappa shape index (κ3) is 4.27. The smallest absolute Gasteiger partial charge is 0.251 e. The molecule has 1 amide bonds. The number of nitrogens with zero attached hydrogens (tertiary/aromatic N) is 1. The summed E-state index contributed by atoms with van der Waals surface area (Å²) in [6.07, 6.45) is 0.111. The summed E-state index contributed by atoms with van der Waals surface area (Å²) >= 11 is 0. The summed E-state index contributed by atoms with van der Waals surface area (Å²) in [5, 5.41) is 15.2. The van der Waals surface area contributed by atoms with Gasteiger partial charge in [-0.25, -0.2) is 8.78 Å². The fourth-order valence-electron chi connectivity index (χ4n) is 3.68. The van der Waals surface area contributed by atoms with Crippen molar-refractivity contribution in [3.63, 3.8) is 0 Å². The van der Waals surface area contributed by atoms with Crippen LogP contribution in [0.15, 0.2) is 30.3 Å². The third-order valence-corrected chi connectivity index (χ3v) is 5.22. The minimum atomic E-state index is -0.915. The van der Waals surface area contributed by atoms with Gasteiger partial charge in [0.1, 0.15) is 36.1 Å². The van der Waals surface area contributed by atoms with Crippen molar-refractivity contribution in [2.24, 2.45) is 0 Å². The van der Waals surface area contributed by atoms with E-state index in [1.54, 1.807) is 6.07 Å². The van der Waals surface area contributed by atoms with Gasteiger partial charge in [-0.3, -0.25) is 4.79 Å². The molecule has 0 aromatic heterocycles. The van der Waals surface area contributed by atoms with Crippen molar-refractivity contribution in [2.75, 3.05) is 19.7 Å². The highest BCUT2D eigenvalue weighted by Crippen LogP contribution is 2.39. The first-order valence-electron chi connectivity index (χ1n) is 9.81. The summed E-state index contributed by atoms with van der Waals surface area (Å²) in [4.78, 5) is 12.4. The predicted octanol–water partition coefficient (Wildman–Crippen LogP) is 2.45. The van der Waals surface area contributed by atoms with Gasteiger partial charge in [-0.1, -0.05) is 6.07 Å². The number of ether oxygens (including phenoxy) is 2. The number of halogens is 2. The maximum Gasteiger partial charge on any atom is 0.251 e. The monoisotopic (exact) mass is 413 g/mol. The molecule has 2 heterocycles. The number of benzene rings is 2. The largest absolute Gasteiger partial charge is 0.488 e. The first-order chi connectivity index (χ1) is 14.5. The van der Waals surface area contributed by atoms with E-state index in [9.17, 15) is 18.8 Å². The summed E-state index contributed by atoms with van der Waals surface area (Å²) in [6.45, 7) is 1.77. The molecule has 4 rings (SSSR count). The number of rotatable bonds is 4. The van der Waals surface area contributed by atoms with Crippen LogP contribution in [0.25, 0.3) is 11.1 Å². The summed E-state index contributed by atoms with van der Waals surface area (Å²) in [7, 11) is 0. The van der Waals surface area contributed by atoms with Crippen LogP contribution >= 0.6 is 0 Å². The Labute approximate surface area is 172 Å². The molecule has 0 saturated carbocycles. The molecule has 2 aromatic carbocycles. The third-order valence-electron chi connectivity index (χ3n) is 5.22. The molecule has 156 valence electrons. The molecule has 2 aliphatic heterocycles. The zero-order valence-electron chi connectivity index (χ0n) is 16.2. The molecule has 30 heavy (non-hydrogen) atoms. The summed E-state index contributed by atoms with van der Waals surface area (Å²) in [5.41, 5.74) is 2.15. The molecule has 2 N–H and O–H groups in total. The summed E-state index contributed by atoms with van der Waals surface area (Å²) in [6, 6.07) is 8.26. The van der Waals surface area contributed by atoms with E-state index < -0.39 is 23.9 Å². The molecule has 6 nitrogen and oxygen atoms in total. The van der Waals surface area contributed by atoms with Crippen LogP contribution in [0.1, 0.15) is 17.5 Å². The predicted molar refractivity (Wildman–Crippen MR) is 105 cm³/mol. The normalized spacial score (nSPS) is 18.8. The lowest BCUT2D eigenvalue weighted by atomic mass is 9.94. The van der Waals surface area contributed by atoms with Crippen molar-refractivity contribution >= 4 is 5.91 Å². The van der Waals surface area contributed by atoms with Gasteiger partial charge in [0.25, 0.3) is 5.91 Å². The van der Waals surface area contributed by atoms with Crippen molar-refractivity contribution in [3.05, 3.63) is 53.1 Å². The summed E-state index contributed by atoms with van der Waals surface area (Å²) in [5.74, 6) is -0.832. The molecule has 0 radical (unpaired) electrons. The highest BCUT2D eigenvalue weighted by molar-refractivity contribution is 5.81. The Hall–Kier alpha value is -3.02. The fourth-order valence-corrected chi connectivity index (χ4v) is 3.68. The van der Waals surface area contributed by atoms with E-state index >= 15 is 0 Å². The van der Waals surface area contributed by atoms with Gasteiger partial charge in [0.05, 0.1) is 6.07 Å². The van der Waals surface area contributed by atoms with E-state index in [-0.39, 0.29) is 24.4 Å². The standard InChI is InChI=1S/C22H21F2N3O3/c23-15-2-3-17-14(6-15)12-30-20-8-13(19(24)9-18(17)20)7-16(10-25)27-22(28)21-11-26-4-1-5-29-21/h2-3,6,8-9,16,21,26H,1,4-5,7,11-12H2,(H,27,28)/t16-,21-/m0/s1. The second-order valence-electron chi connectivity index (χ2n) is 7.34. The van der Waals surface area contributed by atoms with E-state index in [4.69, 9.17) is 9.47 Å². The molecule has 0 bridgehead atoms. The molecule has 0 aliphatic carbocycles. The number of carbonyl (C=O) groups excluding carboxylic acids is 1. The zero-order chi connectivity index (χ0) is 21.1. The number of nitriles is 1. The van der Waals surface area contributed by atoms with Gasteiger partial charge in [-0.2, -0.15) is 5.26 Å². The van der Waals surface area contributed by atoms with Gasteiger partial charge < -0.3 is 20.1 Å². The Kier molecular flexibility index (Phi) is 5.93. The van der Waals surface area contributed by atoms with Crippen LogP contribution in [0.4, 0.5) is 8.78 Å². The van der Waals surface area contributed by atoms with Crippen LogP contribution in [0.5, 0.6) is 5.75 Å². The zero-order valence-corrected chi connectivity index (χ0v) is 16.2. The van der Waals surface area contributed by atoms with Crippen LogP contribution in [0.2, 0.25) is 0 Å². The maximum atomic E-state index is 14.8. The maximum absolute atomic E-state index is 14.8. The second kappa shape index (κ2) is 8.78. The quantitative estimate of drug-likeness (QED) is 0.805. The van der Waals surface area contributed by atoms with E-state index in [1.807, 2.05) is 6.07 Å². The van der Waals surface area contributed by atoms with Gasteiger partial charge in [0, 0.05) is 30.7 Å².